The number of fused-ring (bicyclic) bond motifs is 1. The molecule has 0 atom stereocenters. The second-order valence-electron chi connectivity index (χ2n) is 7.57. The Hall–Kier alpha value is -2.38. The minimum Gasteiger partial charge on any atom is -0.349 e. The van der Waals surface area contributed by atoms with Crippen LogP contribution in [0.3, 0.4) is 0 Å². The molecule has 0 unspecified atom stereocenters. The number of aryl methyl sites for hydroxylation is 1. The van der Waals surface area contributed by atoms with E-state index in [2.05, 4.69) is 5.32 Å². The van der Waals surface area contributed by atoms with Gasteiger partial charge in [0.15, 0.2) is 0 Å². The van der Waals surface area contributed by atoms with Gasteiger partial charge in [-0.15, -0.1) is 11.3 Å². The van der Waals surface area contributed by atoms with Crippen LogP contribution >= 0.6 is 11.3 Å². The predicted molar refractivity (Wildman–Crippen MR) is 118 cm³/mol. The van der Waals surface area contributed by atoms with E-state index in [-0.39, 0.29) is 16.8 Å². The molecule has 3 aromatic rings. The molecule has 29 heavy (non-hydrogen) atoms. The molecule has 1 aromatic heterocycles. The molecule has 1 aliphatic carbocycles. The fourth-order valence-corrected chi connectivity index (χ4v) is 5.81. The number of benzene rings is 2. The molecule has 7 heteroatoms. The highest BCUT2D eigenvalue weighted by Crippen LogP contribution is 2.31. The van der Waals surface area contributed by atoms with Crippen molar-refractivity contribution in [3.8, 4) is 0 Å². The second-order valence-corrected chi connectivity index (χ2v) is 10.6. The third kappa shape index (κ3) is 4.02. The van der Waals surface area contributed by atoms with Gasteiger partial charge in [-0.25, -0.2) is 8.42 Å². The minimum atomic E-state index is -3.65. The van der Waals surface area contributed by atoms with Crippen LogP contribution in [-0.2, 0) is 10.0 Å². The van der Waals surface area contributed by atoms with Crippen LogP contribution in [0.25, 0.3) is 10.1 Å². The van der Waals surface area contributed by atoms with Crippen LogP contribution in [0, 0.1) is 6.92 Å². The van der Waals surface area contributed by atoms with Crippen molar-refractivity contribution in [3.63, 3.8) is 0 Å². The number of sulfonamides is 1. The van der Waals surface area contributed by atoms with Crippen molar-refractivity contribution in [2.75, 3.05) is 11.4 Å². The molecule has 0 bridgehead atoms. The van der Waals surface area contributed by atoms with Crippen molar-refractivity contribution >= 4 is 43.0 Å². The zero-order valence-corrected chi connectivity index (χ0v) is 18.1. The van der Waals surface area contributed by atoms with Gasteiger partial charge in [0.05, 0.1) is 15.5 Å². The zero-order chi connectivity index (χ0) is 20.6. The Morgan fingerprint density at radius 3 is 2.45 bits per heavy atom. The van der Waals surface area contributed by atoms with Crippen LogP contribution in [0.1, 0.15) is 40.9 Å². The average molecular weight is 429 g/mol. The molecule has 4 rings (SSSR count). The van der Waals surface area contributed by atoms with Gasteiger partial charge in [-0.1, -0.05) is 30.5 Å². The lowest BCUT2D eigenvalue weighted by Crippen LogP contribution is -2.31. The maximum Gasteiger partial charge on any atom is 0.264 e. The van der Waals surface area contributed by atoms with Gasteiger partial charge in [0, 0.05) is 17.8 Å². The first-order valence-electron chi connectivity index (χ1n) is 9.75. The van der Waals surface area contributed by atoms with Crippen LogP contribution in [-0.4, -0.2) is 27.4 Å². The van der Waals surface area contributed by atoms with E-state index in [4.69, 9.17) is 0 Å². The highest BCUT2D eigenvalue weighted by molar-refractivity contribution is 7.92. The number of amides is 1. The van der Waals surface area contributed by atoms with Gasteiger partial charge in [0.25, 0.3) is 15.9 Å². The van der Waals surface area contributed by atoms with Crippen molar-refractivity contribution in [1.82, 2.24) is 5.32 Å². The first kappa shape index (κ1) is 19.9. The fraction of sp³-hybridized carbons (Fsp3) is 0.318. The monoisotopic (exact) mass is 428 g/mol. The van der Waals surface area contributed by atoms with E-state index < -0.39 is 10.0 Å². The third-order valence-electron chi connectivity index (χ3n) is 5.46. The number of nitrogens with one attached hydrogen (secondary N) is 1. The molecule has 1 aliphatic rings. The summed E-state index contributed by atoms with van der Waals surface area (Å²) in [5.41, 5.74) is 1.58. The number of rotatable bonds is 5. The summed E-state index contributed by atoms with van der Waals surface area (Å²) < 4.78 is 28.2. The standard InChI is InChI=1S/C22H24N2O3S2/c1-15-7-10-19(11-8-15)29(26,27)24(2)18-9-12-20-16(13-18)14-21(28-20)22(25)23-17-5-3-4-6-17/h7-14,17H,3-6H2,1-2H3,(H,23,25). The summed E-state index contributed by atoms with van der Waals surface area (Å²) in [6, 6.07) is 14.4. The average Bonchev–Trinajstić information content (AvgIpc) is 3.36. The Morgan fingerprint density at radius 1 is 1.07 bits per heavy atom. The lowest BCUT2D eigenvalue weighted by atomic mass is 10.2. The van der Waals surface area contributed by atoms with Gasteiger partial charge >= 0.3 is 0 Å². The molecule has 0 aliphatic heterocycles. The molecular formula is C22H24N2O3S2. The quantitative estimate of drug-likeness (QED) is 0.640. The Morgan fingerprint density at radius 2 is 1.76 bits per heavy atom. The summed E-state index contributed by atoms with van der Waals surface area (Å²) in [5, 5.41) is 3.98. The summed E-state index contributed by atoms with van der Waals surface area (Å²) in [6.45, 7) is 1.92. The van der Waals surface area contributed by atoms with E-state index >= 15 is 0 Å². The second kappa shape index (κ2) is 7.80. The van der Waals surface area contributed by atoms with Gasteiger partial charge in [0.2, 0.25) is 0 Å². The first-order valence-corrected chi connectivity index (χ1v) is 12.0. The van der Waals surface area contributed by atoms with Gasteiger partial charge in [-0.2, -0.15) is 0 Å². The Labute approximate surface area is 175 Å². The van der Waals surface area contributed by atoms with E-state index in [0.29, 0.717) is 10.6 Å². The molecule has 0 saturated heterocycles. The van der Waals surface area contributed by atoms with E-state index in [1.54, 1.807) is 37.4 Å². The number of hydrogen-bond acceptors (Lipinski definition) is 4. The third-order valence-corrected chi connectivity index (χ3v) is 8.37. The summed E-state index contributed by atoms with van der Waals surface area (Å²) >= 11 is 1.43. The Balaban J connectivity index is 1.59. The van der Waals surface area contributed by atoms with Crippen molar-refractivity contribution in [1.29, 1.82) is 0 Å². The van der Waals surface area contributed by atoms with Crippen LogP contribution in [0.15, 0.2) is 53.4 Å². The Bertz CT molecular complexity index is 1140. The molecule has 1 fully saturated rings. The summed E-state index contributed by atoms with van der Waals surface area (Å²) in [7, 11) is -2.09. The summed E-state index contributed by atoms with van der Waals surface area (Å²) in [4.78, 5) is 13.5. The first-order chi connectivity index (χ1) is 13.8. The molecule has 2 aromatic carbocycles. The van der Waals surface area contributed by atoms with Crippen molar-refractivity contribution < 1.29 is 13.2 Å². The number of hydrogen-bond donors (Lipinski definition) is 1. The largest absolute Gasteiger partial charge is 0.349 e. The zero-order valence-electron chi connectivity index (χ0n) is 16.5. The number of nitrogens with zero attached hydrogens (tertiary/aromatic N) is 1. The Kier molecular flexibility index (Phi) is 5.36. The molecule has 5 nitrogen and oxygen atoms in total. The SMILES string of the molecule is Cc1ccc(S(=O)(=O)N(C)c2ccc3sc(C(=O)NC4CCCC4)cc3c2)cc1. The van der Waals surface area contributed by atoms with E-state index in [0.717, 1.165) is 28.5 Å². The molecule has 1 heterocycles. The number of thiophene rings is 1. The molecule has 152 valence electrons. The molecule has 0 spiro atoms. The highest BCUT2D eigenvalue weighted by Gasteiger charge is 2.22. The topological polar surface area (TPSA) is 66.5 Å². The van der Waals surface area contributed by atoms with Gasteiger partial charge in [-0.3, -0.25) is 9.10 Å². The smallest absolute Gasteiger partial charge is 0.264 e. The van der Waals surface area contributed by atoms with Crippen LogP contribution in [0.5, 0.6) is 0 Å². The minimum absolute atomic E-state index is 0.0414. The van der Waals surface area contributed by atoms with E-state index in [1.807, 2.05) is 25.1 Å². The van der Waals surface area contributed by atoms with E-state index in [1.165, 1.54) is 28.5 Å². The van der Waals surface area contributed by atoms with Crippen LogP contribution in [0.2, 0.25) is 0 Å². The predicted octanol–water partition coefficient (Wildman–Crippen LogP) is 4.71. The van der Waals surface area contributed by atoms with Crippen molar-refractivity contribution in [2.24, 2.45) is 0 Å². The molecule has 1 N–H and O–H groups in total. The van der Waals surface area contributed by atoms with E-state index in [9.17, 15) is 13.2 Å². The molecule has 1 amide bonds. The number of carbonyl (C=O) groups is 1. The number of anilines is 1. The molecular weight excluding hydrogens is 404 g/mol. The summed E-state index contributed by atoms with van der Waals surface area (Å²) in [5.74, 6) is -0.0414. The summed E-state index contributed by atoms with van der Waals surface area (Å²) in [6.07, 6.45) is 4.43. The lowest BCUT2D eigenvalue weighted by Gasteiger charge is -2.19. The van der Waals surface area contributed by atoms with Gasteiger partial charge in [0.1, 0.15) is 0 Å². The van der Waals surface area contributed by atoms with Gasteiger partial charge in [-0.05, 0) is 61.5 Å². The lowest BCUT2D eigenvalue weighted by molar-refractivity contribution is 0.0942. The van der Waals surface area contributed by atoms with Gasteiger partial charge < -0.3 is 5.32 Å². The normalized spacial score (nSPS) is 15.0. The van der Waals surface area contributed by atoms with Crippen LogP contribution in [0.4, 0.5) is 5.69 Å². The highest BCUT2D eigenvalue weighted by atomic mass is 32.2. The molecule has 0 radical (unpaired) electrons. The number of carbonyl (C=O) groups excluding carboxylic acids is 1. The molecule has 1 saturated carbocycles. The van der Waals surface area contributed by atoms with Crippen molar-refractivity contribution in [2.45, 2.75) is 43.5 Å². The fourth-order valence-electron chi connectivity index (χ4n) is 3.67. The maximum atomic E-state index is 13.0. The van der Waals surface area contributed by atoms with Crippen LogP contribution < -0.4 is 9.62 Å². The van der Waals surface area contributed by atoms with Crippen molar-refractivity contribution in [3.05, 3.63) is 59.0 Å². The maximum absolute atomic E-state index is 13.0.